The van der Waals surface area contributed by atoms with Crippen molar-refractivity contribution < 1.29 is 22.7 Å². The van der Waals surface area contributed by atoms with Gasteiger partial charge in [0.15, 0.2) is 0 Å². The van der Waals surface area contributed by atoms with E-state index in [1.807, 2.05) is 12.1 Å². The lowest BCUT2D eigenvalue weighted by Gasteiger charge is -2.41. The number of amides is 1. The molecule has 4 rings (SSSR count). The van der Waals surface area contributed by atoms with Crippen molar-refractivity contribution in [2.45, 2.75) is 24.3 Å². The Kier molecular flexibility index (Phi) is 6.42. The van der Waals surface area contributed by atoms with Gasteiger partial charge in [-0.3, -0.25) is 9.69 Å². The highest BCUT2D eigenvalue weighted by atomic mass is 32.2. The van der Waals surface area contributed by atoms with Crippen LogP contribution in [-0.2, 0) is 26.0 Å². The largest absolute Gasteiger partial charge is 0.465 e. The van der Waals surface area contributed by atoms with E-state index < -0.39 is 10.0 Å². The monoisotopic (exact) mass is 472 g/mol. The number of sulfonamides is 1. The third kappa shape index (κ3) is 4.87. The van der Waals surface area contributed by atoms with Gasteiger partial charge in [-0.25, -0.2) is 18.4 Å². The van der Waals surface area contributed by atoms with Crippen molar-refractivity contribution in [1.82, 2.24) is 4.90 Å². The summed E-state index contributed by atoms with van der Waals surface area (Å²) in [6.07, 6.45) is 0.606. The molecule has 1 atom stereocenters. The van der Waals surface area contributed by atoms with Crippen molar-refractivity contribution in [3.05, 3.63) is 53.6 Å². The number of hydrogen-bond donors (Lipinski definition) is 1. The summed E-state index contributed by atoms with van der Waals surface area (Å²) >= 11 is 0. The van der Waals surface area contributed by atoms with E-state index >= 15 is 0 Å². The first kappa shape index (κ1) is 23.2. The molecule has 2 N–H and O–H groups in total. The van der Waals surface area contributed by atoms with Gasteiger partial charge in [0.05, 0.1) is 24.1 Å². The Morgan fingerprint density at radius 2 is 1.82 bits per heavy atom. The van der Waals surface area contributed by atoms with Crippen LogP contribution in [0.5, 0.6) is 0 Å². The molecule has 1 fully saturated rings. The standard InChI is InChI=1S/C23H28N4O5S/c1-16-14-26(19-5-3-17(4-6-19)23(29)32-2)12-11-25(16)15-22(28)27-10-9-18-13-20(33(24,30)31)7-8-21(18)27/h3-8,13,16H,9-12,14-15H2,1-2H3,(H2,24,30,31). The third-order valence-electron chi connectivity index (χ3n) is 6.33. The number of piperazine rings is 1. The van der Waals surface area contributed by atoms with Crippen LogP contribution in [0.3, 0.4) is 0 Å². The molecular weight excluding hydrogens is 444 g/mol. The van der Waals surface area contributed by atoms with Crippen molar-refractivity contribution in [2.24, 2.45) is 5.14 Å². The van der Waals surface area contributed by atoms with Crippen molar-refractivity contribution in [3.8, 4) is 0 Å². The molecule has 2 aliphatic heterocycles. The van der Waals surface area contributed by atoms with Crippen LogP contribution in [0, 0.1) is 0 Å². The zero-order valence-corrected chi connectivity index (χ0v) is 19.5. The summed E-state index contributed by atoms with van der Waals surface area (Å²) in [6.45, 7) is 5.19. The molecule has 10 heteroatoms. The summed E-state index contributed by atoms with van der Waals surface area (Å²) < 4.78 is 28.0. The van der Waals surface area contributed by atoms with Gasteiger partial charge in [-0.2, -0.15) is 0 Å². The molecule has 0 aromatic heterocycles. The zero-order chi connectivity index (χ0) is 23.8. The maximum atomic E-state index is 13.1. The number of rotatable bonds is 5. The van der Waals surface area contributed by atoms with E-state index in [-0.39, 0.29) is 22.8 Å². The molecule has 1 amide bonds. The lowest BCUT2D eigenvalue weighted by atomic mass is 10.1. The van der Waals surface area contributed by atoms with E-state index in [0.717, 1.165) is 36.6 Å². The van der Waals surface area contributed by atoms with Crippen LogP contribution < -0.4 is 14.9 Å². The lowest BCUT2D eigenvalue weighted by molar-refractivity contribution is -0.120. The molecule has 33 heavy (non-hydrogen) atoms. The highest BCUT2D eigenvalue weighted by molar-refractivity contribution is 7.89. The van der Waals surface area contributed by atoms with Crippen molar-refractivity contribution in [3.63, 3.8) is 0 Å². The fraction of sp³-hybridized carbons (Fsp3) is 0.391. The fourth-order valence-corrected chi connectivity index (χ4v) is 5.03. The van der Waals surface area contributed by atoms with Crippen molar-refractivity contribution in [2.75, 3.05) is 49.6 Å². The van der Waals surface area contributed by atoms with E-state index in [0.29, 0.717) is 25.1 Å². The Morgan fingerprint density at radius 1 is 1.09 bits per heavy atom. The Morgan fingerprint density at radius 3 is 2.45 bits per heavy atom. The lowest BCUT2D eigenvalue weighted by Crippen LogP contribution is -2.54. The number of esters is 1. The number of ether oxygens (including phenoxy) is 1. The molecule has 2 aromatic rings. The molecule has 9 nitrogen and oxygen atoms in total. The number of benzene rings is 2. The van der Waals surface area contributed by atoms with Gasteiger partial charge in [-0.15, -0.1) is 0 Å². The molecule has 1 unspecified atom stereocenters. The Bertz CT molecular complexity index is 1170. The van der Waals surface area contributed by atoms with Gasteiger partial charge in [0.1, 0.15) is 0 Å². The number of carbonyl (C=O) groups excluding carboxylic acids is 2. The van der Waals surface area contributed by atoms with Gasteiger partial charge < -0.3 is 14.5 Å². The number of primary sulfonamides is 1. The van der Waals surface area contributed by atoms with E-state index in [4.69, 9.17) is 9.88 Å². The van der Waals surface area contributed by atoms with Crippen LogP contribution >= 0.6 is 0 Å². The SMILES string of the molecule is COC(=O)c1ccc(N2CCN(CC(=O)N3CCc4cc(S(N)(=O)=O)ccc43)C(C)C2)cc1. The number of hydrogen-bond acceptors (Lipinski definition) is 7. The fourth-order valence-electron chi connectivity index (χ4n) is 4.46. The van der Waals surface area contributed by atoms with Crippen molar-refractivity contribution in [1.29, 1.82) is 0 Å². The normalized spacial score (nSPS) is 18.8. The van der Waals surface area contributed by atoms with Gasteiger partial charge in [0.2, 0.25) is 15.9 Å². The number of anilines is 2. The summed E-state index contributed by atoms with van der Waals surface area (Å²) in [4.78, 5) is 30.9. The second-order valence-electron chi connectivity index (χ2n) is 8.43. The second kappa shape index (κ2) is 9.12. The maximum absolute atomic E-state index is 13.1. The summed E-state index contributed by atoms with van der Waals surface area (Å²) in [5.74, 6) is -0.359. The van der Waals surface area contributed by atoms with Crippen LogP contribution in [-0.4, -0.2) is 71.1 Å². The molecular formula is C23H28N4O5S. The summed E-state index contributed by atoms with van der Waals surface area (Å²) in [7, 11) is -2.41. The highest BCUT2D eigenvalue weighted by Crippen LogP contribution is 2.30. The predicted octanol–water partition coefficient (Wildman–Crippen LogP) is 1.22. The van der Waals surface area contributed by atoms with E-state index in [2.05, 4.69) is 16.7 Å². The molecule has 0 bridgehead atoms. The van der Waals surface area contributed by atoms with Gasteiger partial charge >= 0.3 is 5.97 Å². The molecule has 0 radical (unpaired) electrons. The smallest absolute Gasteiger partial charge is 0.337 e. The maximum Gasteiger partial charge on any atom is 0.337 e. The van der Waals surface area contributed by atoms with E-state index in [1.165, 1.54) is 13.2 Å². The van der Waals surface area contributed by atoms with E-state index in [9.17, 15) is 18.0 Å². The molecule has 0 aliphatic carbocycles. The molecule has 2 aromatic carbocycles. The summed E-state index contributed by atoms with van der Waals surface area (Å²) in [5, 5.41) is 5.22. The molecule has 2 heterocycles. The Labute approximate surface area is 193 Å². The number of nitrogens with zero attached hydrogens (tertiary/aromatic N) is 3. The van der Waals surface area contributed by atoms with Gasteiger partial charge in [-0.1, -0.05) is 0 Å². The summed E-state index contributed by atoms with van der Waals surface area (Å²) in [5.41, 5.74) is 3.12. The van der Waals surface area contributed by atoms with Crippen LogP contribution in [0.2, 0.25) is 0 Å². The Hall–Kier alpha value is -2.95. The Balaban J connectivity index is 1.38. The van der Waals surface area contributed by atoms with Gasteiger partial charge in [0.25, 0.3) is 0 Å². The van der Waals surface area contributed by atoms with Crippen molar-refractivity contribution >= 4 is 33.3 Å². The van der Waals surface area contributed by atoms with Gasteiger partial charge in [0, 0.05) is 43.6 Å². The van der Waals surface area contributed by atoms with E-state index in [1.54, 1.807) is 29.2 Å². The number of fused-ring (bicyclic) bond motifs is 1. The average molecular weight is 473 g/mol. The van der Waals surface area contributed by atoms with Crippen LogP contribution in [0.4, 0.5) is 11.4 Å². The predicted molar refractivity (Wildman–Crippen MR) is 125 cm³/mol. The zero-order valence-electron chi connectivity index (χ0n) is 18.7. The molecule has 0 spiro atoms. The minimum atomic E-state index is -3.77. The number of nitrogens with two attached hydrogens (primary N) is 1. The topological polar surface area (TPSA) is 113 Å². The highest BCUT2D eigenvalue weighted by Gasteiger charge is 2.30. The average Bonchev–Trinajstić information content (AvgIpc) is 3.23. The first-order chi connectivity index (χ1) is 15.7. The summed E-state index contributed by atoms with van der Waals surface area (Å²) in [6, 6.07) is 12.2. The second-order valence-corrected chi connectivity index (χ2v) is 10.00. The quantitative estimate of drug-likeness (QED) is 0.651. The third-order valence-corrected chi connectivity index (χ3v) is 7.24. The first-order valence-corrected chi connectivity index (χ1v) is 12.4. The molecule has 2 aliphatic rings. The molecule has 1 saturated heterocycles. The van der Waals surface area contributed by atoms with Crippen LogP contribution in [0.25, 0.3) is 0 Å². The number of methoxy groups -OCH3 is 1. The minimum absolute atomic E-state index is 0.000151. The number of carbonyl (C=O) groups is 2. The van der Waals surface area contributed by atoms with Crippen LogP contribution in [0.15, 0.2) is 47.4 Å². The molecule has 176 valence electrons. The van der Waals surface area contributed by atoms with Crippen LogP contribution in [0.1, 0.15) is 22.8 Å². The van der Waals surface area contributed by atoms with Gasteiger partial charge in [-0.05, 0) is 61.4 Å². The first-order valence-electron chi connectivity index (χ1n) is 10.8. The molecule has 0 saturated carbocycles. The minimum Gasteiger partial charge on any atom is -0.465 e.